The van der Waals surface area contributed by atoms with Crippen molar-refractivity contribution in [2.24, 2.45) is 11.3 Å². The van der Waals surface area contributed by atoms with Crippen molar-refractivity contribution in [1.29, 1.82) is 0 Å². The molecule has 3 atom stereocenters. The minimum Gasteiger partial charge on any atom is -0.365 e. The number of hydrogen-bond acceptors (Lipinski definition) is 3. The molecule has 0 radical (unpaired) electrons. The van der Waals surface area contributed by atoms with E-state index in [-0.39, 0.29) is 35.9 Å². The second-order valence-electron chi connectivity index (χ2n) is 7.71. The number of nitrogens with one attached hydrogen (secondary N) is 2. The molecule has 136 valence electrons. The third-order valence-electron chi connectivity index (χ3n) is 5.41. The zero-order valence-electron chi connectivity index (χ0n) is 15.0. The maximum Gasteiger partial charge on any atom is 0.249 e. The molecule has 5 heteroatoms. The van der Waals surface area contributed by atoms with Crippen LogP contribution in [0.5, 0.6) is 0 Å². The van der Waals surface area contributed by atoms with Crippen molar-refractivity contribution >= 4 is 18.3 Å². The van der Waals surface area contributed by atoms with Crippen LogP contribution in [0.3, 0.4) is 0 Å². The summed E-state index contributed by atoms with van der Waals surface area (Å²) in [5.74, 6) is 0.813. The van der Waals surface area contributed by atoms with Gasteiger partial charge in [0.15, 0.2) is 0 Å². The molecular formula is C18H35ClN2O2. The number of rotatable bonds is 6. The second-order valence-corrected chi connectivity index (χ2v) is 7.71. The highest BCUT2D eigenvalue weighted by Gasteiger charge is 2.30. The fourth-order valence-corrected chi connectivity index (χ4v) is 3.70. The molecule has 0 bridgehead atoms. The Kier molecular flexibility index (Phi) is 8.88. The van der Waals surface area contributed by atoms with Crippen LogP contribution in [0, 0.1) is 11.3 Å². The van der Waals surface area contributed by atoms with Crippen molar-refractivity contribution in [1.82, 2.24) is 10.6 Å². The summed E-state index contributed by atoms with van der Waals surface area (Å²) in [6.45, 7) is 9.49. The quantitative estimate of drug-likeness (QED) is 0.776. The highest BCUT2D eigenvalue weighted by Crippen LogP contribution is 2.28. The number of carbonyl (C=O) groups is 1. The number of piperidine rings is 1. The van der Waals surface area contributed by atoms with Gasteiger partial charge in [0.1, 0.15) is 6.10 Å². The van der Waals surface area contributed by atoms with Gasteiger partial charge in [-0.1, -0.05) is 33.6 Å². The summed E-state index contributed by atoms with van der Waals surface area (Å²) in [5, 5.41) is 6.54. The normalized spacial score (nSPS) is 28.5. The molecule has 1 saturated heterocycles. The summed E-state index contributed by atoms with van der Waals surface area (Å²) >= 11 is 0. The van der Waals surface area contributed by atoms with Gasteiger partial charge in [-0.05, 0) is 56.5 Å². The van der Waals surface area contributed by atoms with E-state index in [9.17, 15) is 4.79 Å². The van der Waals surface area contributed by atoms with E-state index in [0.29, 0.717) is 0 Å². The highest BCUT2D eigenvalue weighted by molar-refractivity contribution is 5.85. The van der Waals surface area contributed by atoms with Gasteiger partial charge in [-0.3, -0.25) is 4.79 Å². The molecule has 2 rings (SSSR count). The van der Waals surface area contributed by atoms with Gasteiger partial charge in [0.25, 0.3) is 0 Å². The number of amides is 1. The molecule has 1 amide bonds. The Bertz CT molecular complexity index is 359. The first-order valence-corrected chi connectivity index (χ1v) is 9.16. The molecule has 23 heavy (non-hydrogen) atoms. The minimum atomic E-state index is -0.277. The topological polar surface area (TPSA) is 50.4 Å². The fraction of sp³-hybridized carbons (Fsp3) is 0.944. The van der Waals surface area contributed by atoms with Crippen LogP contribution in [0.15, 0.2) is 0 Å². The van der Waals surface area contributed by atoms with Crippen LogP contribution in [0.4, 0.5) is 0 Å². The molecule has 0 aromatic heterocycles. The molecule has 1 aliphatic heterocycles. The average molecular weight is 347 g/mol. The Morgan fingerprint density at radius 1 is 1.35 bits per heavy atom. The Balaban J connectivity index is 0.00000264. The van der Waals surface area contributed by atoms with Crippen molar-refractivity contribution < 1.29 is 9.53 Å². The lowest BCUT2D eigenvalue weighted by molar-refractivity contribution is -0.139. The van der Waals surface area contributed by atoms with E-state index in [1.54, 1.807) is 0 Å². The van der Waals surface area contributed by atoms with Gasteiger partial charge in [-0.25, -0.2) is 0 Å². The average Bonchev–Trinajstić information content (AvgIpc) is 2.51. The summed E-state index contributed by atoms with van der Waals surface area (Å²) in [7, 11) is 0. The van der Waals surface area contributed by atoms with Gasteiger partial charge < -0.3 is 15.4 Å². The Morgan fingerprint density at radius 2 is 2.04 bits per heavy atom. The Hall–Kier alpha value is -0.320. The third-order valence-corrected chi connectivity index (χ3v) is 5.41. The fourth-order valence-electron chi connectivity index (χ4n) is 3.70. The van der Waals surface area contributed by atoms with E-state index in [1.165, 1.54) is 12.8 Å². The zero-order chi connectivity index (χ0) is 16.0. The van der Waals surface area contributed by atoms with Crippen molar-refractivity contribution in [2.75, 3.05) is 19.6 Å². The zero-order valence-corrected chi connectivity index (χ0v) is 15.8. The van der Waals surface area contributed by atoms with Gasteiger partial charge in [-0.2, -0.15) is 0 Å². The maximum absolute atomic E-state index is 12.5. The van der Waals surface area contributed by atoms with Crippen LogP contribution >= 0.6 is 12.4 Å². The van der Waals surface area contributed by atoms with Crippen molar-refractivity contribution in [3.05, 3.63) is 0 Å². The van der Waals surface area contributed by atoms with Gasteiger partial charge >= 0.3 is 0 Å². The molecule has 1 saturated carbocycles. The first-order valence-electron chi connectivity index (χ1n) is 9.16. The van der Waals surface area contributed by atoms with Crippen LogP contribution in [0.25, 0.3) is 0 Å². The van der Waals surface area contributed by atoms with E-state index in [4.69, 9.17) is 4.74 Å². The van der Waals surface area contributed by atoms with Gasteiger partial charge in [-0.15, -0.1) is 12.4 Å². The lowest BCUT2D eigenvalue weighted by atomic mass is 9.81. The first-order chi connectivity index (χ1) is 10.5. The van der Waals surface area contributed by atoms with Gasteiger partial charge in [0.2, 0.25) is 5.91 Å². The summed E-state index contributed by atoms with van der Waals surface area (Å²) in [6.07, 6.45) is 7.76. The van der Waals surface area contributed by atoms with Gasteiger partial charge in [0, 0.05) is 6.54 Å². The molecule has 0 spiro atoms. The van der Waals surface area contributed by atoms with Crippen LogP contribution in [0.2, 0.25) is 0 Å². The van der Waals surface area contributed by atoms with E-state index >= 15 is 0 Å². The predicted molar refractivity (Wildman–Crippen MR) is 97.1 cm³/mol. The molecule has 0 aromatic carbocycles. The monoisotopic (exact) mass is 346 g/mol. The van der Waals surface area contributed by atoms with Crippen LogP contribution in [-0.4, -0.2) is 37.7 Å². The minimum absolute atomic E-state index is 0. The lowest BCUT2D eigenvalue weighted by Gasteiger charge is -2.35. The molecule has 2 aliphatic rings. The molecule has 1 aliphatic carbocycles. The SMILES string of the molecule is CCC(OC1CCCC(C)C1)C(=O)NCC1(C)CCNCC1.Cl. The highest BCUT2D eigenvalue weighted by atomic mass is 35.5. The van der Waals surface area contributed by atoms with Crippen molar-refractivity contribution in [3.8, 4) is 0 Å². The van der Waals surface area contributed by atoms with Crippen molar-refractivity contribution in [2.45, 2.75) is 77.9 Å². The molecule has 4 nitrogen and oxygen atoms in total. The summed E-state index contributed by atoms with van der Waals surface area (Å²) < 4.78 is 6.12. The number of halogens is 1. The predicted octanol–water partition coefficient (Wildman–Crippen LogP) is 3.29. The summed E-state index contributed by atoms with van der Waals surface area (Å²) in [6, 6.07) is 0. The number of ether oxygens (including phenoxy) is 1. The molecular weight excluding hydrogens is 312 g/mol. The molecule has 2 fully saturated rings. The number of hydrogen-bond donors (Lipinski definition) is 2. The largest absolute Gasteiger partial charge is 0.365 e. The second kappa shape index (κ2) is 9.85. The molecule has 1 heterocycles. The van der Waals surface area contributed by atoms with Crippen LogP contribution in [0.1, 0.15) is 65.7 Å². The van der Waals surface area contributed by atoms with E-state index in [1.807, 2.05) is 6.92 Å². The number of carbonyl (C=O) groups excluding carboxylic acids is 1. The van der Waals surface area contributed by atoms with Crippen LogP contribution < -0.4 is 10.6 Å². The third kappa shape index (κ3) is 6.60. The first kappa shape index (κ1) is 20.7. The smallest absolute Gasteiger partial charge is 0.249 e. The lowest BCUT2D eigenvalue weighted by Crippen LogP contribution is -2.46. The van der Waals surface area contributed by atoms with E-state index in [2.05, 4.69) is 24.5 Å². The molecule has 0 aromatic rings. The van der Waals surface area contributed by atoms with Crippen LogP contribution in [-0.2, 0) is 9.53 Å². The Labute approximate surface area is 147 Å². The van der Waals surface area contributed by atoms with Gasteiger partial charge in [0.05, 0.1) is 6.10 Å². The standard InChI is InChI=1S/C18H34N2O2.ClH/c1-4-16(22-15-7-5-6-14(2)12-15)17(21)20-13-18(3)8-10-19-11-9-18;/h14-16,19H,4-13H2,1-3H3,(H,20,21);1H. The summed E-state index contributed by atoms with van der Waals surface area (Å²) in [5.41, 5.74) is 0.235. The maximum atomic E-state index is 12.5. The van der Waals surface area contributed by atoms with E-state index in [0.717, 1.165) is 57.7 Å². The van der Waals surface area contributed by atoms with E-state index < -0.39 is 0 Å². The summed E-state index contributed by atoms with van der Waals surface area (Å²) in [4.78, 5) is 12.5. The Morgan fingerprint density at radius 3 is 2.65 bits per heavy atom. The van der Waals surface area contributed by atoms with Crippen molar-refractivity contribution in [3.63, 3.8) is 0 Å². The molecule has 2 N–H and O–H groups in total. The molecule has 3 unspecified atom stereocenters.